The third-order valence-corrected chi connectivity index (χ3v) is 5.34. The van der Waals surface area contributed by atoms with E-state index in [1.165, 1.54) is 5.56 Å². The van der Waals surface area contributed by atoms with Crippen molar-refractivity contribution in [3.05, 3.63) is 58.2 Å². The quantitative estimate of drug-likeness (QED) is 0.657. The largest absolute Gasteiger partial charge is 0.454 e. The van der Waals surface area contributed by atoms with Crippen LogP contribution < -0.4 is 9.47 Å². The molecule has 5 rings (SSSR count). The van der Waals surface area contributed by atoms with Crippen LogP contribution in [0.2, 0.25) is 5.02 Å². The van der Waals surface area contributed by atoms with Crippen LogP contribution in [0.1, 0.15) is 21.6 Å². The molecule has 3 aromatic rings. The molecule has 0 saturated carbocycles. The normalized spacial score (nSPS) is 16.1. The van der Waals surface area contributed by atoms with Gasteiger partial charge in [0.25, 0.3) is 5.91 Å². The molecule has 0 unspecified atom stereocenters. The van der Waals surface area contributed by atoms with Crippen molar-refractivity contribution in [2.45, 2.75) is 13.0 Å². The molecule has 0 atom stereocenters. The van der Waals surface area contributed by atoms with Crippen LogP contribution in [0, 0.1) is 0 Å². The standard InChI is InChI=1S/C20H17ClN2O3/c1-22-6-5-16-15(10-22)14-8-18-19(26-11-25-18)9-17(14)23(16)20(24)12-3-2-4-13(21)7-12/h2-4,7-9H,5-6,10-11H2,1H3. The van der Waals surface area contributed by atoms with Gasteiger partial charge in [0.15, 0.2) is 11.5 Å². The smallest absolute Gasteiger partial charge is 0.262 e. The zero-order valence-corrected chi connectivity index (χ0v) is 15.0. The Morgan fingerprint density at radius 1 is 1.15 bits per heavy atom. The SMILES string of the molecule is CN1CCc2c(c3cc4c(cc3n2C(=O)c2cccc(Cl)c2)OCO4)C1. The molecule has 0 saturated heterocycles. The highest BCUT2D eigenvalue weighted by Gasteiger charge is 2.28. The summed E-state index contributed by atoms with van der Waals surface area (Å²) in [5.74, 6) is 1.35. The van der Waals surface area contributed by atoms with E-state index in [0.717, 1.165) is 41.9 Å². The first kappa shape index (κ1) is 15.7. The molecule has 0 bridgehead atoms. The summed E-state index contributed by atoms with van der Waals surface area (Å²) in [6.45, 7) is 1.94. The maximum absolute atomic E-state index is 13.3. The van der Waals surface area contributed by atoms with Gasteiger partial charge < -0.3 is 14.4 Å². The van der Waals surface area contributed by atoms with E-state index in [9.17, 15) is 4.79 Å². The Bertz CT molecular complexity index is 1060. The lowest BCUT2D eigenvalue weighted by molar-refractivity contribution is 0.0960. The summed E-state index contributed by atoms with van der Waals surface area (Å²) in [6, 6.07) is 11.0. The van der Waals surface area contributed by atoms with E-state index in [1.54, 1.807) is 24.3 Å². The van der Waals surface area contributed by atoms with Gasteiger partial charge in [-0.15, -0.1) is 0 Å². The second-order valence-corrected chi connectivity index (χ2v) is 7.22. The lowest BCUT2D eigenvalue weighted by Crippen LogP contribution is -2.28. The Morgan fingerprint density at radius 3 is 2.77 bits per heavy atom. The number of halogens is 1. The predicted molar refractivity (Wildman–Crippen MR) is 99.3 cm³/mol. The lowest BCUT2D eigenvalue weighted by Gasteiger charge is -2.23. The van der Waals surface area contributed by atoms with Crippen molar-refractivity contribution < 1.29 is 14.3 Å². The Hall–Kier alpha value is -2.50. The third kappa shape index (κ3) is 2.31. The Labute approximate surface area is 155 Å². The number of fused-ring (bicyclic) bond motifs is 4. The molecule has 3 heterocycles. The number of ether oxygens (including phenoxy) is 2. The average molecular weight is 369 g/mol. The van der Waals surface area contributed by atoms with Crippen LogP contribution in [0.4, 0.5) is 0 Å². The summed E-state index contributed by atoms with van der Waals surface area (Å²) in [7, 11) is 2.10. The van der Waals surface area contributed by atoms with Gasteiger partial charge in [0.2, 0.25) is 6.79 Å². The number of rotatable bonds is 1. The summed E-state index contributed by atoms with van der Waals surface area (Å²) in [4.78, 5) is 15.6. The van der Waals surface area contributed by atoms with Crippen LogP contribution in [0.5, 0.6) is 11.5 Å². The molecule has 132 valence electrons. The average Bonchev–Trinajstić information content (AvgIpc) is 3.21. The second kappa shape index (κ2) is 5.76. The highest BCUT2D eigenvalue weighted by Crippen LogP contribution is 2.40. The van der Waals surface area contributed by atoms with E-state index >= 15 is 0 Å². The van der Waals surface area contributed by atoms with Crippen molar-refractivity contribution in [3.63, 3.8) is 0 Å². The lowest BCUT2D eigenvalue weighted by atomic mass is 10.0. The minimum absolute atomic E-state index is 0.0674. The van der Waals surface area contributed by atoms with Gasteiger partial charge in [-0.1, -0.05) is 17.7 Å². The fourth-order valence-corrected chi connectivity index (χ4v) is 4.05. The van der Waals surface area contributed by atoms with E-state index in [0.29, 0.717) is 16.3 Å². The fourth-order valence-electron chi connectivity index (χ4n) is 3.86. The molecular formula is C20H17ClN2O3. The van der Waals surface area contributed by atoms with E-state index in [2.05, 4.69) is 11.9 Å². The van der Waals surface area contributed by atoms with Crippen LogP contribution >= 0.6 is 11.6 Å². The topological polar surface area (TPSA) is 43.7 Å². The zero-order chi connectivity index (χ0) is 17.8. The fraction of sp³-hybridized carbons (Fsp3) is 0.250. The number of aromatic nitrogens is 1. The summed E-state index contributed by atoms with van der Waals surface area (Å²) in [5.41, 5.74) is 3.68. The van der Waals surface area contributed by atoms with Crippen molar-refractivity contribution in [2.24, 2.45) is 0 Å². The van der Waals surface area contributed by atoms with Crippen LogP contribution in [0.25, 0.3) is 10.9 Å². The molecule has 0 N–H and O–H groups in total. The monoisotopic (exact) mass is 368 g/mol. The highest BCUT2D eigenvalue weighted by atomic mass is 35.5. The molecule has 0 fully saturated rings. The van der Waals surface area contributed by atoms with Gasteiger partial charge in [-0.2, -0.15) is 0 Å². The van der Waals surface area contributed by atoms with Crippen molar-refractivity contribution in [3.8, 4) is 11.5 Å². The van der Waals surface area contributed by atoms with Gasteiger partial charge in [0, 0.05) is 47.2 Å². The van der Waals surface area contributed by atoms with Gasteiger partial charge >= 0.3 is 0 Å². The highest BCUT2D eigenvalue weighted by molar-refractivity contribution is 6.31. The summed E-state index contributed by atoms with van der Waals surface area (Å²) in [6.07, 6.45) is 0.819. The van der Waals surface area contributed by atoms with Gasteiger partial charge in [0.05, 0.1) is 5.52 Å². The molecule has 1 aromatic heterocycles. The number of hydrogen-bond donors (Lipinski definition) is 0. The van der Waals surface area contributed by atoms with E-state index in [1.807, 2.05) is 16.7 Å². The molecule has 2 aromatic carbocycles. The molecule has 0 aliphatic carbocycles. The molecule has 0 radical (unpaired) electrons. The Morgan fingerprint density at radius 2 is 1.96 bits per heavy atom. The van der Waals surface area contributed by atoms with Gasteiger partial charge in [-0.05, 0) is 36.9 Å². The van der Waals surface area contributed by atoms with E-state index < -0.39 is 0 Å². The Balaban J connectivity index is 1.77. The predicted octanol–water partition coefficient (Wildman–Crippen LogP) is 3.70. The van der Waals surface area contributed by atoms with Crippen LogP contribution in [-0.4, -0.2) is 35.8 Å². The van der Waals surface area contributed by atoms with Crippen LogP contribution in [0.3, 0.4) is 0 Å². The van der Waals surface area contributed by atoms with Gasteiger partial charge in [0.1, 0.15) is 0 Å². The summed E-state index contributed by atoms with van der Waals surface area (Å²) >= 11 is 6.10. The molecule has 0 spiro atoms. The Kier molecular flexibility index (Phi) is 3.48. The number of nitrogens with zero attached hydrogens (tertiary/aromatic N) is 2. The van der Waals surface area contributed by atoms with Crippen molar-refractivity contribution in [1.29, 1.82) is 0 Å². The minimum Gasteiger partial charge on any atom is -0.454 e. The van der Waals surface area contributed by atoms with Crippen molar-refractivity contribution >= 4 is 28.4 Å². The second-order valence-electron chi connectivity index (χ2n) is 6.79. The van der Waals surface area contributed by atoms with Gasteiger partial charge in [-0.3, -0.25) is 9.36 Å². The molecule has 26 heavy (non-hydrogen) atoms. The number of hydrogen-bond acceptors (Lipinski definition) is 4. The first-order valence-corrected chi connectivity index (χ1v) is 8.94. The van der Waals surface area contributed by atoms with Gasteiger partial charge in [-0.25, -0.2) is 0 Å². The maximum Gasteiger partial charge on any atom is 0.262 e. The molecule has 6 heteroatoms. The third-order valence-electron chi connectivity index (χ3n) is 5.11. The molecule has 2 aliphatic heterocycles. The van der Waals surface area contributed by atoms with Crippen LogP contribution in [0.15, 0.2) is 36.4 Å². The molecule has 0 amide bonds. The molecule has 5 nitrogen and oxygen atoms in total. The zero-order valence-electron chi connectivity index (χ0n) is 14.3. The maximum atomic E-state index is 13.3. The number of likely N-dealkylation sites (N-methyl/N-ethyl adjacent to an activating group) is 1. The first-order valence-electron chi connectivity index (χ1n) is 8.56. The van der Waals surface area contributed by atoms with Crippen molar-refractivity contribution in [2.75, 3.05) is 20.4 Å². The van der Waals surface area contributed by atoms with Crippen LogP contribution in [-0.2, 0) is 13.0 Å². The summed E-state index contributed by atoms with van der Waals surface area (Å²) in [5, 5.41) is 1.60. The number of benzene rings is 2. The first-order chi connectivity index (χ1) is 12.6. The van der Waals surface area contributed by atoms with E-state index in [-0.39, 0.29) is 12.7 Å². The minimum atomic E-state index is -0.0674. The van der Waals surface area contributed by atoms with Crippen molar-refractivity contribution in [1.82, 2.24) is 9.47 Å². The molecular weight excluding hydrogens is 352 g/mol. The number of carbonyl (C=O) groups excluding carboxylic acids is 1. The number of carbonyl (C=O) groups is 1. The summed E-state index contributed by atoms with van der Waals surface area (Å²) < 4.78 is 12.9. The van der Waals surface area contributed by atoms with E-state index in [4.69, 9.17) is 21.1 Å². The molecule has 2 aliphatic rings.